The van der Waals surface area contributed by atoms with E-state index in [-0.39, 0.29) is 6.04 Å². The first-order chi connectivity index (χ1) is 6.26. The van der Waals surface area contributed by atoms with Crippen LogP contribution >= 0.6 is 11.5 Å². The van der Waals surface area contributed by atoms with Crippen LogP contribution in [-0.4, -0.2) is 29.1 Å². The third kappa shape index (κ3) is 3.38. The lowest BCUT2D eigenvalue weighted by atomic mass is 10.2. The summed E-state index contributed by atoms with van der Waals surface area (Å²) in [4.78, 5) is 4.32. The fraction of sp³-hybridized carbons (Fsp3) is 0.750. The van der Waals surface area contributed by atoms with E-state index in [1.165, 1.54) is 11.5 Å². The number of aryl methyl sites for hydroxylation is 1. The molecule has 0 radical (unpaired) electrons. The molecular formula is C8H15N3OS. The van der Waals surface area contributed by atoms with Gasteiger partial charge in [0, 0.05) is 26.0 Å². The van der Waals surface area contributed by atoms with Crippen LogP contribution < -0.4 is 5.73 Å². The number of aromatic nitrogens is 2. The second-order valence-electron chi connectivity index (χ2n) is 2.88. The Kier molecular flexibility index (Phi) is 4.27. The minimum atomic E-state index is 0.0302. The molecule has 0 amide bonds. The summed E-state index contributed by atoms with van der Waals surface area (Å²) in [5, 5.41) is 1.00. The summed E-state index contributed by atoms with van der Waals surface area (Å²) >= 11 is 1.43. The monoisotopic (exact) mass is 201 g/mol. The lowest BCUT2D eigenvalue weighted by molar-refractivity contribution is 0.180. The molecule has 0 aromatic carbocycles. The SMILES string of the molecule is CCc1nsc(CC(N)COC)n1. The van der Waals surface area contributed by atoms with Gasteiger partial charge >= 0.3 is 0 Å². The summed E-state index contributed by atoms with van der Waals surface area (Å²) in [6.45, 7) is 2.61. The molecule has 1 rings (SSSR count). The zero-order valence-corrected chi connectivity index (χ0v) is 8.80. The highest BCUT2D eigenvalue weighted by Crippen LogP contribution is 2.07. The van der Waals surface area contributed by atoms with Crippen molar-refractivity contribution in [3.05, 3.63) is 10.8 Å². The maximum Gasteiger partial charge on any atom is 0.142 e. The molecule has 0 aliphatic heterocycles. The molecule has 74 valence electrons. The number of nitrogens with zero attached hydrogens (tertiary/aromatic N) is 2. The minimum Gasteiger partial charge on any atom is -0.383 e. The maximum absolute atomic E-state index is 5.78. The lowest BCUT2D eigenvalue weighted by Crippen LogP contribution is -2.27. The molecule has 4 nitrogen and oxygen atoms in total. The summed E-state index contributed by atoms with van der Waals surface area (Å²) in [6, 6.07) is 0.0302. The van der Waals surface area contributed by atoms with Gasteiger partial charge in [0.05, 0.1) is 6.61 Å². The third-order valence-electron chi connectivity index (χ3n) is 1.64. The number of hydrogen-bond acceptors (Lipinski definition) is 5. The summed E-state index contributed by atoms with van der Waals surface area (Å²) in [5.74, 6) is 0.907. The van der Waals surface area contributed by atoms with Gasteiger partial charge in [-0.3, -0.25) is 0 Å². The van der Waals surface area contributed by atoms with Crippen LogP contribution in [-0.2, 0) is 17.6 Å². The Hall–Kier alpha value is -0.520. The van der Waals surface area contributed by atoms with Gasteiger partial charge in [0.25, 0.3) is 0 Å². The topological polar surface area (TPSA) is 61.0 Å². The average Bonchev–Trinajstić information content (AvgIpc) is 2.52. The number of ether oxygens (including phenoxy) is 1. The number of rotatable bonds is 5. The van der Waals surface area contributed by atoms with Crippen molar-refractivity contribution >= 4 is 11.5 Å². The van der Waals surface area contributed by atoms with Gasteiger partial charge in [0.1, 0.15) is 10.8 Å². The standard InChI is InChI=1S/C8H15N3OS/c1-3-7-10-8(13-11-7)4-6(9)5-12-2/h6H,3-5,9H2,1-2H3. The second-order valence-corrected chi connectivity index (χ2v) is 3.71. The summed E-state index contributed by atoms with van der Waals surface area (Å²) < 4.78 is 9.12. The summed E-state index contributed by atoms with van der Waals surface area (Å²) in [6.07, 6.45) is 1.64. The highest BCUT2D eigenvalue weighted by Gasteiger charge is 2.07. The first-order valence-corrected chi connectivity index (χ1v) is 5.09. The molecule has 0 aliphatic carbocycles. The van der Waals surface area contributed by atoms with Crippen LogP contribution in [0.3, 0.4) is 0 Å². The van der Waals surface area contributed by atoms with E-state index in [4.69, 9.17) is 10.5 Å². The van der Waals surface area contributed by atoms with Crippen molar-refractivity contribution in [2.75, 3.05) is 13.7 Å². The molecule has 1 aromatic heterocycles. The Labute approximate surface area is 82.3 Å². The van der Waals surface area contributed by atoms with Crippen molar-refractivity contribution in [2.24, 2.45) is 5.73 Å². The van der Waals surface area contributed by atoms with Gasteiger partial charge in [-0.15, -0.1) is 0 Å². The van der Waals surface area contributed by atoms with Crippen LogP contribution in [0.15, 0.2) is 0 Å². The highest BCUT2D eigenvalue weighted by atomic mass is 32.1. The molecular weight excluding hydrogens is 186 g/mol. The fourth-order valence-electron chi connectivity index (χ4n) is 1.01. The van der Waals surface area contributed by atoms with Crippen molar-refractivity contribution in [3.63, 3.8) is 0 Å². The van der Waals surface area contributed by atoms with Crippen molar-refractivity contribution in [2.45, 2.75) is 25.8 Å². The van der Waals surface area contributed by atoms with Crippen molar-refractivity contribution in [1.82, 2.24) is 9.36 Å². The lowest BCUT2D eigenvalue weighted by Gasteiger charge is -2.06. The zero-order valence-electron chi connectivity index (χ0n) is 7.99. The smallest absolute Gasteiger partial charge is 0.142 e. The molecule has 1 unspecified atom stereocenters. The molecule has 0 saturated carbocycles. The zero-order chi connectivity index (χ0) is 9.68. The molecule has 13 heavy (non-hydrogen) atoms. The quantitative estimate of drug-likeness (QED) is 0.758. The molecule has 1 aromatic rings. The Morgan fingerprint density at radius 2 is 2.38 bits per heavy atom. The highest BCUT2D eigenvalue weighted by molar-refractivity contribution is 7.05. The van der Waals surface area contributed by atoms with Gasteiger partial charge in [0.15, 0.2) is 0 Å². The Morgan fingerprint density at radius 3 is 2.92 bits per heavy atom. The van der Waals surface area contributed by atoms with E-state index in [1.807, 2.05) is 6.92 Å². The van der Waals surface area contributed by atoms with Gasteiger partial charge in [0.2, 0.25) is 0 Å². The third-order valence-corrected chi connectivity index (χ3v) is 2.41. The van der Waals surface area contributed by atoms with E-state index in [0.29, 0.717) is 6.61 Å². The molecule has 1 atom stereocenters. The number of nitrogens with two attached hydrogens (primary N) is 1. The second kappa shape index (κ2) is 5.26. The molecule has 0 aliphatic rings. The van der Waals surface area contributed by atoms with E-state index in [0.717, 1.165) is 23.7 Å². The fourth-order valence-corrected chi connectivity index (χ4v) is 1.83. The average molecular weight is 201 g/mol. The Morgan fingerprint density at radius 1 is 1.62 bits per heavy atom. The molecule has 1 heterocycles. The van der Waals surface area contributed by atoms with E-state index in [1.54, 1.807) is 7.11 Å². The van der Waals surface area contributed by atoms with E-state index in [9.17, 15) is 0 Å². The van der Waals surface area contributed by atoms with Crippen LogP contribution in [0.5, 0.6) is 0 Å². The molecule has 2 N–H and O–H groups in total. The largest absolute Gasteiger partial charge is 0.383 e. The van der Waals surface area contributed by atoms with E-state index >= 15 is 0 Å². The van der Waals surface area contributed by atoms with Crippen molar-refractivity contribution < 1.29 is 4.74 Å². The van der Waals surface area contributed by atoms with Crippen LogP contribution in [0.25, 0.3) is 0 Å². The Balaban J connectivity index is 2.44. The van der Waals surface area contributed by atoms with Crippen molar-refractivity contribution in [1.29, 1.82) is 0 Å². The summed E-state index contributed by atoms with van der Waals surface area (Å²) in [7, 11) is 1.65. The number of hydrogen-bond donors (Lipinski definition) is 1. The van der Waals surface area contributed by atoms with Crippen LogP contribution in [0, 0.1) is 0 Å². The van der Waals surface area contributed by atoms with Crippen molar-refractivity contribution in [3.8, 4) is 0 Å². The molecule has 0 spiro atoms. The van der Waals surface area contributed by atoms with Gasteiger partial charge in [-0.05, 0) is 11.5 Å². The van der Waals surface area contributed by atoms with Gasteiger partial charge in [-0.2, -0.15) is 4.37 Å². The van der Waals surface area contributed by atoms with Crippen LogP contribution in [0.2, 0.25) is 0 Å². The minimum absolute atomic E-state index is 0.0302. The van der Waals surface area contributed by atoms with Gasteiger partial charge in [-0.25, -0.2) is 4.98 Å². The van der Waals surface area contributed by atoms with Crippen LogP contribution in [0.4, 0.5) is 0 Å². The first kappa shape index (κ1) is 10.6. The number of methoxy groups -OCH3 is 1. The molecule has 5 heteroatoms. The predicted molar refractivity (Wildman–Crippen MR) is 52.8 cm³/mol. The van der Waals surface area contributed by atoms with Crippen LogP contribution in [0.1, 0.15) is 17.8 Å². The van der Waals surface area contributed by atoms with E-state index < -0.39 is 0 Å². The molecule has 0 fully saturated rings. The summed E-state index contributed by atoms with van der Waals surface area (Å²) in [5.41, 5.74) is 5.78. The normalized spacial score (nSPS) is 13.2. The molecule has 0 bridgehead atoms. The van der Waals surface area contributed by atoms with Gasteiger partial charge < -0.3 is 10.5 Å². The first-order valence-electron chi connectivity index (χ1n) is 4.32. The molecule has 0 saturated heterocycles. The predicted octanol–water partition coefficient (Wildman–Crippen LogP) is 0.617. The van der Waals surface area contributed by atoms with E-state index in [2.05, 4.69) is 9.36 Å². The van der Waals surface area contributed by atoms with Gasteiger partial charge in [-0.1, -0.05) is 6.92 Å². The maximum atomic E-state index is 5.78. The Bertz CT molecular complexity index is 251.